The Balaban J connectivity index is 1.48. The third kappa shape index (κ3) is 2.66. The number of ether oxygens (including phenoxy) is 3. The van der Waals surface area contributed by atoms with Crippen LogP contribution in [0.5, 0.6) is 17.2 Å². The molecule has 124 valence electrons. The highest BCUT2D eigenvalue weighted by molar-refractivity contribution is 5.78. The Kier molecular flexibility index (Phi) is 3.76. The number of hydrogen-bond acceptors (Lipinski definition) is 4. The molecule has 24 heavy (non-hydrogen) atoms. The summed E-state index contributed by atoms with van der Waals surface area (Å²) in [5, 5.41) is 0. The molecule has 0 N–H and O–H groups in total. The van der Waals surface area contributed by atoms with Crippen molar-refractivity contribution < 1.29 is 19.0 Å². The highest BCUT2D eigenvalue weighted by Crippen LogP contribution is 2.40. The number of nitrogens with zero attached hydrogens (tertiary/aromatic N) is 1. The van der Waals surface area contributed by atoms with E-state index in [0.29, 0.717) is 12.3 Å². The number of fused-ring (bicyclic) bond motifs is 2. The molecule has 5 heteroatoms. The van der Waals surface area contributed by atoms with Crippen LogP contribution in [0, 0.1) is 0 Å². The number of hydrogen-bond donors (Lipinski definition) is 0. The molecule has 1 amide bonds. The van der Waals surface area contributed by atoms with E-state index < -0.39 is 0 Å². The molecule has 0 radical (unpaired) electrons. The summed E-state index contributed by atoms with van der Waals surface area (Å²) in [5.74, 6) is 2.26. The van der Waals surface area contributed by atoms with E-state index in [1.165, 1.54) is 5.56 Å². The van der Waals surface area contributed by atoms with Crippen molar-refractivity contribution in [2.75, 3.05) is 19.9 Å². The van der Waals surface area contributed by atoms with E-state index in [-0.39, 0.29) is 25.3 Å². The molecule has 0 saturated carbocycles. The van der Waals surface area contributed by atoms with Gasteiger partial charge in [0.25, 0.3) is 5.91 Å². The van der Waals surface area contributed by atoms with Gasteiger partial charge in [0.2, 0.25) is 6.79 Å². The van der Waals surface area contributed by atoms with Gasteiger partial charge in [0.05, 0.1) is 6.04 Å². The van der Waals surface area contributed by atoms with Crippen LogP contribution < -0.4 is 14.2 Å². The van der Waals surface area contributed by atoms with Crippen LogP contribution in [0.4, 0.5) is 0 Å². The summed E-state index contributed by atoms with van der Waals surface area (Å²) < 4.78 is 16.5. The first-order valence-corrected chi connectivity index (χ1v) is 8.12. The molecule has 2 aliphatic rings. The number of carbonyl (C=O) groups is 1. The van der Waals surface area contributed by atoms with Crippen molar-refractivity contribution in [1.29, 1.82) is 0 Å². The summed E-state index contributed by atoms with van der Waals surface area (Å²) in [7, 11) is 0. The highest BCUT2D eigenvalue weighted by Gasteiger charge is 2.30. The molecule has 2 heterocycles. The second kappa shape index (κ2) is 6.07. The van der Waals surface area contributed by atoms with E-state index >= 15 is 0 Å². The molecular weight excluding hydrogens is 306 g/mol. The lowest BCUT2D eigenvalue weighted by molar-refractivity contribution is -0.135. The molecule has 0 fully saturated rings. The quantitative estimate of drug-likeness (QED) is 0.870. The van der Waals surface area contributed by atoms with Gasteiger partial charge < -0.3 is 19.1 Å². The minimum atomic E-state index is -0.00494. The fraction of sp³-hybridized carbons (Fsp3) is 0.316. The normalized spacial score (nSPS) is 18.2. The molecule has 2 aliphatic heterocycles. The first-order valence-electron chi connectivity index (χ1n) is 8.12. The van der Waals surface area contributed by atoms with E-state index in [1.807, 2.05) is 54.3 Å². The van der Waals surface area contributed by atoms with Crippen molar-refractivity contribution in [3.05, 3.63) is 53.6 Å². The molecule has 5 nitrogen and oxygen atoms in total. The van der Waals surface area contributed by atoms with E-state index in [9.17, 15) is 4.79 Å². The maximum Gasteiger partial charge on any atom is 0.261 e. The maximum atomic E-state index is 12.6. The zero-order chi connectivity index (χ0) is 16.5. The molecule has 1 unspecified atom stereocenters. The van der Waals surface area contributed by atoms with Gasteiger partial charge in [0.15, 0.2) is 18.1 Å². The van der Waals surface area contributed by atoms with E-state index in [1.54, 1.807) is 0 Å². The molecule has 0 aliphatic carbocycles. The molecule has 0 aromatic heterocycles. The average Bonchev–Trinajstić information content (AvgIpc) is 3.07. The van der Waals surface area contributed by atoms with Crippen LogP contribution in [0.1, 0.15) is 24.1 Å². The van der Waals surface area contributed by atoms with Crippen LogP contribution in [-0.4, -0.2) is 30.8 Å². The number of para-hydroxylation sites is 1. The van der Waals surface area contributed by atoms with Crippen molar-refractivity contribution >= 4 is 5.91 Å². The third-order valence-electron chi connectivity index (χ3n) is 4.60. The maximum absolute atomic E-state index is 12.6. The summed E-state index contributed by atoms with van der Waals surface area (Å²) >= 11 is 0. The number of benzene rings is 2. The van der Waals surface area contributed by atoms with Crippen LogP contribution >= 0.6 is 0 Å². The largest absolute Gasteiger partial charge is 0.484 e. The minimum Gasteiger partial charge on any atom is -0.484 e. The fourth-order valence-corrected chi connectivity index (χ4v) is 3.29. The first kappa shape index (κ1) is 14.9. The average molecular weight is 325 g/mol. The lowest BCUT2D eigenvalue weighted by Crippen LogP contribution is -2.41. The number of amides is 1. The molecule has 2 aromatic carbocycles. The lowest BCUT2D eigenvalue weighted by atomic mass is 9.93. The summed E-state index contributed by atoms with van der Waals surface area (Å²) in [4.78, 5) is 14.4. The van der Waals surface area contributed by atoms with E-state index in [4.69, 9.17) is 14.2 Å². The predicted molar refractivity (Wildman–Crippen MR) is 88.3 cm³/mol. The van der Waals surface area contributed by atoms with Gasteiger partial charge in [-0.1, -0.05) is 18.2 Å². The van der Waals surface area contributed by atoms with Gasteiger partial charge in [0.1, 0.15) is 5.75 Å². The number of rotatable bonds is 3. The SMILES string of the molecule is CC1c2cc3c(cc2CCN1C(=O)COc1ccccc1)OCO3. The van der Waals surface area contributed by atoms with Crippen LogP contribution in [0.3, 0.4) is 0 Å². The van der Waals surface area contributed by atoms with Crippen LogP contribution in [0.25, 0.3) is 0 Å². The Bertz CT molecular complexity index is 759. The van der Waals surface area contributed by atoms with Crippen molar-refractivity contribution in [2.24, 2.45) is 0 Å². The van der Waals surface area contributed by atoms with Crippen molar-refractivity contribution in [3.63, 3.8) is 0 Å². The summed E-state index contributed by atoms with van der Waals surface area (Å²) in [6.45, 7) is 3.04. The van der Waals surface area contributed by atoms with Crippen molar-refractivity contribution in [1.82, 2.24) is 4.90 Å². The third-order valence-corrected chi connectivity index (χ3v) is 4.60. The van der Waals surface area contributed by atoms with Crippen molar-refractivity contribution in [3.8, 4) is 17.2 Å². The minimum absolute atomic E-state index is 0.00452. The second-order valence-electron chi connectivity index (χ2n) is 6.02. The summed E-state index contributed by atoms with van der Waals surface area (Å²) in [6.07, 6.45) is 0.813. The van der Waals surface area contributed by atoms with Gasteiger partial charge in [-0.3, -0.25) is 4.79 Å². The molecule has 0 bridgehead atoms. The van der Waals surface area contributed by atoms with Gasteiger partial charge in [-0.25, -0.2) is 0 Å². The van der Waals surface area contributed by atoms with Crippen LogP contribution in [0.2, 0.25) is 0 Å². The smallest absolute Gasteiger partial charge is 0.261 e. The van der Waals surface area contributed by atoms with Gasteiger partial charge >= 0.3 is 0 Å². The standard InChI is InChI=1S/C19H19NO4/c1-13-16-10-18-17(23-12-24-18)9-14(16)7-8-20(13)19(21)11-22-15-5-3-2-4-6-15/h2-6,9-10,13H,7-8,11-12H2,1H3. The van der Waals surface area contributed by atoms with Gasteiger partial charge in [-0.15, -0.1) is 0 Å². The number of carbonyl (C=O) groups excluding carboxylic acids is 1. The predicted octanol–water partition coefficient (Wildman–Crippen LogP) is 2.94. The zero-order valence-electron chi connectivity index (χ0n) is 13.5. The molecule has 4 rings (SSSR count). The Morgan fingerprint density at radius 1 is 1.21 bits per heavy atom. The van der Waals surface area contributed by atoms with E-state index in [0.717, 1.165) is 23.5 Å². The van der Waals surface area contributed by atoms with E-state index in [2.05, 4.69) is 0 Å². The Hall–Kier alpha value is -2.69. The Labute approximate surface area is 140 Å². The highest BCUT2D eigenvalue weighted by atomic mass is 16.7. The molecule has 0 spiro atoms. The monoisotopic (exact) mass is 325 g/mol. The van der Waals surface area contributed by atoms with Crippen LogP contribution in [0.15, 0.2) is 42.5 Å². The summed E-state index contributed by atoms with van der Waals surface area (Å²) in [5.41, 5.74) is 2.35. The van der Waals surface area contributed by atoms with Crippen molar-refractivity contribution in [2.45, 2.75) is 19.4 Å². The Morgan fingerprint density at radius 3 is 2.75 bits per heavy atom. The van der Waals surface area contributed by atoms with Gasteiger partial charge in [0, 0.05) is 6.54 Å². The topological polar surface area (TPSA) is 48.0 Å². The first-order chi connectivity index (χ1) is 11.7. The molecule has 1 atom stereocenters. The lowest BCUT2D eigenvalue weighted by Gasteiger charge is -2.35. The van der Waals surface area contributed by atoms with Gasteiger partial charge in [-0.05, 0) is 48.7 Å². The van der Waals surface area contributed by atoms with Gasteiger partial charge in [-0.2, -0.15) is 0 Å². The molecular formula is C19H19NO4. The van der Waals surface area contributed by atoms with Crippen LogP contribution in [-0.2, 0) is 11.2 Å². The molecule has 2 aromatic rings. The second-order valence-corrected chi connectivity index (χ2v) is 6.02. The fourth-order valence-electron chi connectivity index (χ4n) is 3.29. The summed E-state index contributed by atoms with van der Waals surface area (Å²) in [6, 6.07) is 13.4. The zero-order valence-corrected chi connectivity index (χ0v) is 13.5. The Morgan fingerprint density at radius 2 is 1.96 bits per heavy atom. The molecule has 0 saturated heterocycles.